The summed E-state index contributed by atoms with van der Waals surface area (Å²) in [5.74, 6) is -0.307. The molecule has 4 rings (SSSR count). The fraction of sp³-hybridized carbons (Fsp3) is 0.265. The van der Waals surface area contributed by atoms with Crippen molar-refractivity contribution in [3.63, 3.8) is 0 Å². The quantitative estimate of drug-likeness (QED) is 0.169. The molecule has 0 bridgehead atoms. The van der Waals surface area contributed by atoms with Crippen molar-refractivity contribution in [1.29, 1.82) is 0 Å². The van der Waals surface area contributed by atoms with Crippen molar-refractivity contribution in [2.24, 2.45) is 0 Å². The predicted molar refractivity (Wildman–Crippen MR) is 161 cm³/mol. The van der Waals surface area contributed by atoms with Gasteiger partial charge in [-0.1, -0.05) is 91.0 Å². The zero-order valence-corrected chi connectivity index (χ0v) is 24.2. The molecule has 4 aromatic carbocycles. The number of hydrogen-bond acceptors (Lipinski definition) is 3. The first-order valence-corrected chi connectivity index (χ1v) is 13.6. The lowest BCUT2D eigenvalue weighted by atomic mass is 9.90. The zero-order chi connectivity index (χ0) is 29.2. The molecule has 0 saturated heterocycles. The van der Waals surface area contributed by atoms with E-state index in [-0.39, 0.29) is 30.8 Å². The number of aliphatic carboxylic acids is 1. The zero-order valence-electron chi connectivity index (χ0n) is 23.3. The first-order chi connectivity index (χ1) is 19.7. The maximum atomic E-state index is 13.5. The molecule has 8 heteroatoms. The van der Waals surface area contributed by atoms with Crippen LogP contribution in [0.4, 0.5) is 13.2 Å². The molecule has 0 aliphatic carbocycles. The summed E-state index contributed by atoms with van der Waals surface area (Å²) in [6.07, 6.45) is -3.87. The van der Waals surface area contributed by atoms with Crippen LogP contribution in [0.3, 0.4) is 0 Å². The maximum absolute atomic E-state index is 13.5. The molecular weight excluding hydrogens is 563 g/mol. The lowest BCUT2D eigenvalue weighted by Crippen LogP contribution is -2.37. The summed E-state index contributed by atoms with van der Waals surface area (Å²) in [4.78, 5) is 13.3. The van der Waals surface area contributed by atoms with Crippen LogP contribution in [0.1, 0.15) is 47.1 Å². The van der Waals surface area contributed by atoms with Crippen molar-refractivity contribution >= 4 is 18.4 Å². The third-order valence-corrected chi connectivity index (χ3v) is 7.14. The molecule has 1 atom stereocenters. The Kier molecular flexibility index (Phi) is 12.0. The predicted octanol–water partition coefficient (Wildman–Crippen LogP) is 8.25. The van der Waals surface area contributed by atoms with Crippen LogP contribution in [0.25, 0.3) is 0 Å². The van der Waals surface area contributed by atoms with Gasteiger partial charge >= 0.3 is 12.1 Å². The van der Waals surface area contributed by atoms with Crippen molar-refractivity contribution < 1.29 is 27.8 Å². The van der Waals surface area contributed by atoms with E-state index in [2.05, 4.69) is 36.1 Å². The first kappa shape index (κ1) is 32.7. The van der Waals surface area contributed by atoms with Crippen LogP contribution in [0.2, 0.25) is 0 Å². The Morgan fingerprint density at radius 3 is 2.02 bits per heavy atom. The minimum absolute atomic E-state index is 0. The van der Waals surface area contributed by atoms with Crippen molar-refractivity contribution in [2.45, 2.75) is 44.4 Å². The van der Waals surface area contributed by atoms with Gasteiger partial charge in [0.2, 0.25) is 0 Å². The SMILES string of the molecule is C[C@H](CCOc1cccc(CC(=O)O)c1)N(Cc1cccc(C(F)(F)F)c1)CC(c1ccccc1)c1ccccc1.Cl. The molecule has 0 spiro atoms. The molecule has 0 aliphatic rings. The number of ether oxygens (including phenoxy) is 1. The van der Waals surface area contributed by atoms with E-state index >= 15 is 0 Å². The molecule has 1 N–H and O–H groups in total. The molecule has 0 fully saturated rings. The number of alkyl halides is 3. The monoisotopic (exact) mass is 597 g/mol. The van der Waals surface area contributed by atoms with Gasteiger partial charge in [-0.15, -0.1) is 12.4 Å². The Labute approximate surface area is 251 Å². The van der Waals surface area contributed by atoms with E-state index < -0.39 is 17.7 Å². The van der Waals surface area contributed by atoms with E-state index in [4.69, 9.17) is 9.84 Å². The van der Waals surface area contributed by atoms with E-state index in [9.17, 15) is 18.0 Å². The smallest absolute Gasteiger partial charge is 0.416 e. The molecule has 0 heterocycles. The number of carbonyl (C=O) groups is 1. The van der Waals surface area contributed by atoms with Crippen LogP contribution in [-0.2, 0) is 23.9 Å². The van der Waals surface area contributed by atoms with Gasteiger partial charge < -0.3 is 9.84 Å². The number of halogens is 4. The summed E-state index contributed by atoms with van der Waals surface area (Å²) < 4.78 is 46.4. The normalized spacial score (nSPS) is 12.1. The lowest BCUT2D eigenvalue weighted by molar-refractivity contribution is -0.138. The minimum atomic E-state index is -4.41. The summed E-state index contributed by atoms with van der Waals surface area (Å²) in [7, 11) is 0. The molecule has 42 heavy (non-hydrogen) atoms. The number of carboxylic acid groups (broad SMARTS) is 1. The highest BCUT2D eigenvalue weighted by atomic mass is 35.5. The maximum Gasteiger partial charge on any atom is 0.416 e. The highest BCUT2D eigenvalue weighted by molar-refractivity contribution is 5.85. The number of benzene rings is 4. The molecule has 4 aromatic rings. The van der Waals surface area contributed by atoms with E-state index in [0.717, 1.165) is 17.2 Å². The third-order valence-electron chi connectivity index (χ3n) is 7.14. The Morgan fingerprint density at radius 1 is 0.833 bits per heavy atom. The topological polar surface area (TPSA) is 49.8 Å². The fourth-order valence-corrected chi connectivity index (χ4v) is 4.94. The van der Waals surface area contributed by atoms with Crippen molar-refractivity contribution in [1.82, 2.24) is 4.90 Å². The largest absolute Gasteiger partial charge is 0.494 e. The number of carboxylic acids is 1. The van der Waals surface area contributed by atoms with Gasteiger partial charge in [-0.2, -0.15) is 13.2 Å². The Balaban J connectivity index is 0.00000484. The van der Waals surface area contributed by atoms with Crippen molar-refractivity contribution in [3.05, 3.63) is 137 Å². The first-order valence-electron chi connectivity index (χ1n) is 13.6. The van der Waals surface area contributed by atoms with Gasteiger partial charge in [-0.3, -0.25) is 9.69 Å². The molecule has 0 aromatic heterocycles. The van der Waals surface area contributed by atoms with E-state index in [1.165, 1.54) is 12.1 Å². The number of nitrogens with zero attached hydrogens (tertiary/aromatic N) is 1. The Hall–Kier alpha value is -3.81. The molecule has 0 saturated carbocycles. The molecule has 0 unspecified atom stereocenters. The average molecular weight is 598 g/mol. The van der Waals surface area contributed by atoms with Crippen LogP contribution < -0.4 is 4.74 Å². The van der Waals surface area contributed by atoms with Crippen LogP contribution in [-0.4, -0.2) is 35.2 Å². The molecule has 4 nitrogen and oxygen atoms in total. The van der Waals surface area contributed by atoms with Gasteiger partial charge in [0.15, 0.2) is 0 Å². The standard InChI is InChI=1S/C34H34F3NO3.ClH/c1-25(18-19-41-31-17-9-10-26(21-31)22-33(39)40)38(23-27-11-8-16-30(20-27)34(35,36)37)24-32(28-12-4-2-5-13-28)29-14-6-3-7-15-29;/h2-17,20-21,25,32H,18-19,22-24H2,1H3,(H,39,40);1H/t25-;/m1./s1. The summed E-state index contributed by atoms with van der Waals surface area (Å²) in [6, 6.07) is 32.8. The Morgan fingerprint density at radius 2 is 1.43 bits per heavy atom. The molecule has 0 aliphatic heterocycles. The molecule has 0 amide bonds. The molecule has 0 radical (unpaired) electrons. The third kappa shape index (κ3) is 9.64. The highest BCUT2D eigenvalue weighted by Crippen LogP contribution is 2.31. The van der Waals surface area contributed by atoms with Gasteiger partial charge in [-0.05, 0) is 53.8 Å². The summed E-state index contributed by atoms with van der Waals surface area (Å²) in [5, 5.41) is 9.08. The summed E-state index contributed by atoms with van der Waals surface area (Å²) in [6.45, 7) is 3.37. The van der Waals surface area contributed by atoms with Gasteiger partial charge in [-0.25, -0.2) is 0 Å². The van der Waals surface area contributed by atoms with Gasteiger partial charge in [0.25, 0.3) is 0 Å². The fourth-order valence-electron chi connectivity index (χ4n) is 4.94. The molecule has 222 valence electrons. The van der Waals surface area contributed by atoms with E-state index in [1.54, 1.807) is 30.3 Å². The van der Waals surface area contributed by atoms with Gasteiger partial charge in [0.1, 0.15) is 5.75 Å². The minimum Gasteiger partial charge on any atom is -0.494 e. The summed E-state index contributed by atoms with van der Waals surface area (Å²) in [5.41, 5.74) is 2.85. The summed E-state index contributed by atoms with van der Waals surface area (Å²) >= 11 is 0. The number of hydrogen-bond donors (Lipinski definition) is 1. The van der Waals surface area contributed by atoms with Crippen molar-refractivity contribution in [3.8, 4) is 5.75 Å². The second-order valence-electron chi connectivity index (χ2n) is 10.2. The van der Waals surface area contributed by atoms with Crippen LogP contribution in [0.5, 0.6) is 5.75 Å². The second kappa shape index (κ2) is 15.4. The van der Waals surface area contributed by atoms with E-state index in [1.807, 2.05) is 36.4 Å². The Bertz CT molecular complexity index is 1360. The van der Waals surface area contributed by atoms with Crippen LogP contribution in [0.15, 0.2) is 109 Å². The van der Waals surface area contributed by atoms with Crippen LogP contribution in [0, 0.1) is 0 Å². The lowest BCUT2D eigenvalue weighted by Gasteiger charge is -2.33. The average Bonchev–Trinajstić information content (AvgIpc) is 2.95. The van der Waals surface area contributed by atoms with E-state index in [0.29, 0.717) is 43.0 Å². The highest BCUT2D eigenvalue weighted by Gasteiger charge is 2.31. The van der Waals surface area contributed by atoms with Crippen LogP contribution >= 0.6 is 12.4 Å². The van der Waals surface area contributed by atoms with Crippen molar-refractivity contribution in [2.75, 3.05) is 13.2 Å². The van der Waals surface area contributed by atoms with Gasteiger partial charge in [0.05, 0.1) is 18.6 Å². The second-order valence-corrected chi connectivity index (χ2v) is 10.2. The van der Waals surface area contributed by atoms with Gasteiger partial charge in [0, 0.05) is 25.0 Å². The number of rotatable bonds is 13. The molecular formula is C34H35ClF3NO3.